The molecule has 1 N–H and O–H groups in total. The molecule has 40 heavy (non-hydrogen) atoms. The number of hydrogen-bond acceptors (Lipinski definition) is 8. The van der Waals surface area contributed by atoms with Crippen molar-refractivity contribution in [2.75, 3.05) is 23.3 Å². The van der Waals surface area contributed by atoms with Gasteiger partial charge in [0, 0.05) is 5.56 Å². The van der Waals surface area contributed by atoms with Crippen molar-refractivity contribution in [1.82, 2.24) is 10.2 Å². The van der Waals surface area contributed by atoms with Crippen molar-refractivity contribution >= 4 is 38.1 Å². The first-order valence-corrected chi connectivity index (χ1v) is 14.9. The number of methoxy groups -OCH3 is 1. The molecule has 0 fully saturated rings. The van der Waals surface area contributed by atoms with Gasteiger partial charge in [0.15, 0.2) is 6.10 Å². The average molecular weight is 579 g/mol. The van der Waals surface area contributed by atoms with Crippen LogP contribution in [0.1, 0.15) is 31.9 Å². The van der Waals surface area contributed by atoms with E-state index >= 15 is 0 Å². The second-order valence-corrected chi connectivity index (χ2v) is 13.4. The Hall–Kier alpha value is -3.96. The first-order chi connectivity index (χ1) is 19.0. The van der Waals surface area contributed by atoms with Crippen LogP contribution < -0.4 is 19.1 Å². The smallest absolute Gasteiger partial charge is 0.269 e. The quantitative estimate of drug-likeness (QED) is 0.326. The van der Waals surface area contributed by atoms with E-state index in [0.717, 1.165) is 22.4 Å². The molecule has 0 bridgehead atoms. The van der Waals surface area contributed by atoms with E-state index in [4.69, 9.17) is 9.47 Å². The lowest BCUT2D eigenvalue weighted by Crippen LogP contribution is -2.49. The summed E-state index contributed by atoms with van der Waals surface area (Å²) < 4.78 is 40.2. The lowest BCUT2D eigenvalue weighted by molar-refractivity contribution is -0.122. The Kier molecular flexibility index (Phi) is 7.28. The number of nitrogens with one attached hydrogen (secondary N) is 1. The molecule has 0 spiro atoms. The Balaban J connectivity index is 1.44. The van der Waals surface area contributed by atoms with Crippen LogP contribution in [-0.2, 0) is 20.2 Å². The molecule has 3 aromatic carbocycles. The number of anilines is 2. The molecule has 1 aromatic heterocycles. The zero-order chi connectivity index (χ0) is 28.7. The molecule has 5 rings (SSSR count). The fourth-order valence-corrected chi connectivity index (χ4v) is 6.45. The molecular weight excluding hydrogens is 548 g/mol. The van der Waals surface area contributed by atoms with Crippen LogP contribution >= 0.6 is 11.3 Å². The predicted octanol–water partition coefficient (Wildman–Crippen LogP) is 5.41. The van der Waals surface area contributed by atoms with Gasteiger partial charge < -0.3 is 9.47 Å². The number of rotatable bonds is 6. The van der Waals surface area contributed by atoms with Crippen molar-refractivity contribution in [2.24, 2.45) is 0 Å². The number of carbonyl (C=O) groups is 1. The Labute approximate surface area is 237 Å². The maximum absolute atomic E-state index is 13.9. The van der Waals surface area contributed by atoms with Crippen LogP contribution in [0.2, 0.25) is 0 Å². The molecule has 0 aliphatic carbocycles. The highest BCUT2D eigenvalue weighted by Crippen LogP contribution is 2.40. The molecule has 0 radical (unpaired) electrons. The molecule has 1 unspecified atom stereocenters. The van der Waals surface area contributed by atoms with E-state index in [9.17, 15) is 13.2 Å². The molecule has 0 saturated carbocycles. The van der Waals surface area contributed by atoms with Gasteiger partial charge in [-0.1, -0.05) is 55.9 Å². The van der Waals surface area contributed by atoms with E-state index in [1.165, 1.54) is 15.6 Å². The number of nitrogens with zero attached hydrogens (tertiary/aromatic N) is 3. The molecule has 208 valence electrons. The lowest BCUT2D eigenvalue weighted by Gasteiger charge is -2.35. The van der Waals surface area contributed by atoms with E-state index in [0.29, 0.717) is 16.4 Å². The fraction of sp³-hybridized carbons (Fsp3) is 0.276. The molecule has 11 heteroatoms. The number of aromatic nitrogens is 2. The molecule has 4 aromatic rings. The van der Waals surface area contributed by atoms with Crippen molar-refractivity contribution in [3.63, 3.8) is 0 Å². The Morgan fingerprint density at radius 3 is 2.40 bits per heavy atom. The van der Waals surface area contributed by atoms with Gasteiger partial charge in [0.05, 0.1) is 24.2 Å². The molecular formula is C29H30N4O5S2. The van der Waals surface area contributed by atoms with E-state index < -0.39 is 22.0 Å². The van der Waals surface area contributed by atoms with Gasteiger partial charge in [-0.2, -0.15) is 0 Å². The molecule has 0 saturated heterocycles. The van der Waals surface area contributed by atoms with E-state index in [1.54, 1.807) is 37.4 Å². The van der Waals surface area contributed by atoms with Crippen LogP contribution in [0.3, 0.4) is 0 Å². The Morgan fingerprint density at radius 2 is 1.75 bits per heavy atom. The van der Waals surface area contributed by atoms with E-state index in [1.807, 2.05) is 43.3 Å². The van der Waals surface area contributed by atoms with Gasteiger partial charge in [0.2, 0.25) is 5.13 Å². The molecule has 9 nitrogen and oxygen atoms in total. The van der Waals surface area contributed by atoms with Crippen molar-refractivity contribution < 1.29 is 22.7 Å². The molecule has 1 atom stereocenters. The summed E-state index contributed by atoms with van der Waals surface area (Å²) in [7, 11) is -2.40. The van der Waals surface area contributed by atoms with Gasteiger partial charge in [-0.3, -0.25) is 14.4 Å². The van der Waals surface area contributed by atoms with E-state index in [2.05, 4.69) is 36.3 Å². The number of carbonyl (C=O) groups excluding carboxylic acids is 1. The first-order valence-electron chi connectivity index (χ1n) is 12.6. The minimum Gasteiger partial charge on any atom is -0.497 e. The van der Waals surface area contributed by atoms with E-state index in [-0.39, 0.29) is 22.0 Å². The van der Waals surface area contributed by atoms with Crippen LogP contribution in [0.5, 0.6) is 11.5 Å². The minimum absolute atomic E-state index is 0.138. The monoisotopic (exact) mass is 578 g/mol. The number of amides is 1. The number of benzene rings is 3. The van der Waals surface area contributed by atoms with Crippen LogP contribution in [0.25, 0.3) is 10.6 Å². The maximum atomic E-state index is 13.9. The molecule has 2 heterocycles. The van der Waals surface area contributed by atoms with Crippen LogP contribution in [-0.4, -0.2) is 44.3 Å². The first kappa shape index (κ1) is 27.6. The largest absolute Gasteiger partial charge is 0.497 e. The number of fused-ring (bicyclic) bond motifs is 1. The number of hydrogen-bond donors (Lipinski definition) is 1. The molecule has 1 aliphatic rings. The van der Waals surface area contributed by atoms with Crippen LogP contribution in [0.4, 0.5) is 10.8 Å². The zero-order valence-electron chi connectivity index (χ0n) is 22.8. The summed E-state index contributed by atoms with van der Waals surface area (Å²) in [6, 6.07) is 19.4. The van der Waals surface area contributed by atoms with Crippen LogP contribution in [0.15, 0.2) is 71.6 Å². The number of aryl methyl sites for hydroxylation is 1. The zero-order valence-corrected chi connectivity index (χ0v) is 24.5. The summed E-state index contributed by atoms with van der Waals surface area (Å²) in [6.45, 7) is 7.85. The summed E-state index contributed by atoms with van der Waals surface area (Å²) >= 11 is 1.20. The van der Waals surface area contributed by atoms with Gasteiger partial charge in [-0.05, 0) is 66.4 Å². The highest BCUT2D eigenvalue weighted by Gasteiger charge is 2.38. The van der Waals surface area contributed by atoms with Crippen molar-refractivity contribution in [2.45, 2.75) is 44.1 Å². The second-order valence-electron chi connectivity index (χ2n) is 10.5. The third kappa shape index (κ3) is 5.52. The lowest BCUT2D eigenvalue weighted by atomic mass is 9.86. The minimum atomic E-state index is -3.99. The topological polar surface area (TPSA) is 111 Å². The average Bonchev–Trinajstić information content (AvgIpc) is 3.40. The van der Waals surface area contributed by atoms with Gasteiger partial charge in [0.25, 0.3) is 15.9 Å². The number of ether oxygens (including phenoxy) is 2. The van der Waals surface area contributed by atoms with Crippen molar-refractivity contribution in [1.29, 1.82) is 0 Å². The summed E-state index contributed by atoms with van der Waals surface area (Å²) in [5.41, 5.74) is 2.89. The molecule has 1 amide bonds. The Bertz CT molecular complexity index is 1640. The fourth-order valence-electron chi connectivity index (χ4n) is 4.23. The highest BCUT2D eigenvalue weighted by molar-refractivity contribution is 7.92. The normalized spacial score (nSPS) is 15.2. The SMILES string of the molecule is COc1ccc(-c2nnc(NC(=O)C3CN(S(=O)(=O)c4ccc(C)cc4)c4cc(C(C)(C)C)ccc4O3)s2)cc1. The Morgan fingerprint density at radius 1 is 1.05 bits per heavy atom. The van der Waals surface area contributed by atoms with Gasteiger partial charge in [-0.25, -0.2) is 8.42 Å². The summed E-state index contributed by atoms with van der Waals surface area (Å²) in [6.07, 6.45) is -1.11. The van der Waals surface area contributed by atoms with Crippen molar-refractivity contribution in [3.05, 3.63) is 77.9 Å². The summed E-state index contributed by atoms with van der Waals surface area (Å²) in [5.74, 6) is 0.509. The van der Waals surface area contributed by atoms with Gasteiger partial charge in [-0.15, -0.1) is 10.2 Å². The van der Waals surface area contributed by atoms with Crippen molar-refractivity contribution in [3.8, 4) is 22.1 Å². The van der Waals surface area contributed by atoms with Gasteiger partial charge >= 0.3 is 0 Å². The third-order valence-corrected chi connectivity index (χ3v) is 9.27. The standard InChI is InChI=1S/C29H30N4O5S2/c1-18-6-13-22(14-7-18)40(35,36)33-17-25(38-24-15-10-20(16-23(24)33)29(2,3)4)26(34)30-28-32-31-27(39-28)19-8-11-21(37-5)12-9-19/h6-16,25H,17H2,1-5H3,(H,30,32,34). The number of sulfonamides is 1. The summed E-state index contributed by atoms with van der Waals surface area (Å²) in [4.78, 5) is 13.5. The van der Waals surface area contributed by atoms with Crippen LogP contribution in [0, 0.1) is 6.92 Å². The van der Waals surface area contributed by atoms with Gasteiger partial charge in [0.1, 0.15) is 16.5 Å². The predicted molar refractivity (Wildman–Crippen MR) is 156 cm³/mol. The second kappa shape index (κ2) is 10.5. The highest BCUT2D eigenvalue weighted by atomic mass is 32.2. The third-order valence-electron chi connectivity index (χ3n) is 6.59. The molecule has 1 aliphatic heterocycles. The maximum Gasteiger partial charge on any atom is 0.269 e. The summed E-state index contributed by atoms with van der Waals surface area (Å²) in [5, 5.41) is 11.9.